The molecule has 0 aliphatic heterocycles. The van der Waals surface area contributed by atoms with Crippen LogP contribution in [0.2, 0.25) is 5.02 Å². The first-order valence-corrected chi connectivity index (χ1v) is 7.31. The monoisotopic (exact) mass is 306 g/mol. The molecular weight excluding hydrogens is 288 g/mol. The van der Waals surface area contributed by atoms with Crippen LogP contribution in [0.15, 0.2) is 30.3 Å². The van der Waals surface area contributed by atoms with Crippen LogP contribution in [-0.2, 0) is 0 Å². The standard InChI is InChI=1S/C16H19ClN2O2/c1-10(2)19(9-11(3)20)16(21)14-7-5-12-4-6-13(17)8-15(12)18-14/h4-8,10-11,20H,9H2,1-3H3. The number of hydrogen-bond donors (Lipinski definition) is 1. The topological polar surface area (TPSA) is 53.4 Å². The summed E-state index contributed by atoms with van der Waals surface area (Å²) in [5, 5.41) is 11.1. The molecule has 0 saturated carbocycles. The van der Waals surface area contributed by atoms with Crippen molar-refractivity contribution in [1.29, 1.82) is 0 Å². The molecule has 0 fully saturated rings. The zero-order chi connectivity index (χ0) is 15.6. The van der Waals surface area contributed by atoms with Gasteiger partial charge in [0, 0.05) is 23.0 Å². The van der Waals surface area contributed by atoms with Crippen LogP contribution in [0.25, 0.3) is 10.9 Å². The summed E-state index contributed by atoms with van der Waals surface area (Å²) in [5.74, 6) is -0.187. The van der Waals surface area contributed by atoms with Crippen LogP contribution in [0.5, 0.6) is 0 Å². The minimum Gasteiger partial charge on any atom is -0.392 e. The van der Waals surface area contributed by atoms with Gasteiger partial charge in [0.25, 0.3) is 5.91 Å². The van der Waals surface area contributed by atoms with Crippen LogP contribution in [0.4, 0.5) is 0 Å². The van der Waals surface area contributed by atoms with Gasteiger partial charge < -0.3 is 10.0 Å². The van der Waals surface area contributed by atoms with Gasteiger partial charge in [-0.1, -0.05) is 23.7 Å². The van der Waals surface area contributed by atoms with E-state index in [2.05, 4.69) is 4.98 Å². The quantitative estimate of drug-likeness (QED) is 0.944. The highest BCUT2D eigenvalue weighted by Crippen LogP contribution is 2.19. The number of pyridine rings is 1. The highest BCUT2D eigenvalue weighted by Gasteiger charge is 2.21. The van der Waals surface area contributed by atoms with E-state index in [1.807, 2.05) is 26.0 Å². The molecule has 0 aliphatic carbocycles. The summed E-state index contributed by atoms with van der Waals surface area (Å²) in [5.41, 5.74) is 1.05. The third-order valence-corrected chi connectivity index (χ3v) is 3.45. The van der Waals surface area contributed by atoms with Gasteiger partial charge in [-0.15, -0.1) is 0 Å². The van der Waals surface area contributed by atoms with Crippen LogP contribution < -0.4 is 0 Å². The summed E-state index contributed by atoms with van der Waals surface area (Å²) in [6.45, 7) is 5.78. The smallest absolute Gasteiger partial charge is 0.272 e. The minimum atomic E-state index is -0.578. The van der Waals surface area contributed by atoms with Crippen LogP contribution in [0.1, 0.15) is 31.3 Å². The molecule has 2 rings (SSSR count). The Morgan fingerprint density at radius 2 is 1.95 bits per heavy atom. The van der Waals surface area contributed by atoms with Gasteiger partial charge in [0.1, 0.15) is 5.69 Å². The van der Waals surface area contributed by atoms with Gasteiger partial charge in [-0.25, -0.2) is 4.98 Å². The third kappa shape index (κ3) is 3.71. The molecule has 1 amide bonds. The molecule has 2 aromatic rings. The molecule has 1 atom stereocenters. The van der Waals surface area contributed by atoms with Crippen molar-refractivity contribution in [3.63, 3.8) is 0 Å². The van der Waals surface area contributed by atoms with Crippen molar-refractivity contribution < 1.29 is 9.90 Å². The lowest BCUT2D eigenvalue weighted by molar-refractivity contribution is 0.0573. The number of fused-ring (bicyclic) bond motifs is 1. The van der Waals surface area contributed by atoms with Crippen molar-refractivity contribution >= 4 is 28.4 Å². The molecule has 5 heteroatoms. The normalized spacial score (nSPS) is 12.7. The molecule has 112 valence electrons. The second kappa shape index (κ2) is 6.41. The molecule has 1 aromatic heterocycles. The Bertz CT molecular complexity index is 656. The number of aromatic nitrogens is 1. The van der Waals surface area contributed by atoms with Crippen molar-refractivity contribution in [2.24, 2.45) is 0 Å². The predicted octanol–water partition coefficient (Wildman–Crippen LogP) is 3.12. The number of halogens is 1. The van der Waals surface area contributed by atoms with Gasteiger partial charge in [-0.2, -0.15) is 0 Å². The summed E-state index contributed by atoms with van der Waals surface area (Å²) in [6, 6.07) is 8.95. The zero-order valence-electron chi connectivity index (χ0n) is 12.4. The molecule has 0 aliphatic rings. The van der Waals surface area contributed by atoms with E-state index in [0.29, 0.717) is 16.2 Å². The van der Waals surface area contributed by atoms with Crippen molar-refractivity contribution in [1.82, 2.24) is 9.88 Å². The number of amides is 1. The summed E-state index contributed by atoms with van der Waals surface area (Å²) in [7, 11) is 0. The molecule has 1 aromatic carbocycles. The molecule has 0 bridgehead atoms. The molecule has 1 heterocycles. The maximum Gasteiger partial charge on any atom is 0.272 e. The van der Waals surface area contributed by atoms with Gasteiger partial charge in [-0.3, -0.25) is 4.79 Å². The van der Waals surface area contributed by atoms with E-state index in [4.69, 9.17) is 11.6 Å². The van der Waals surface area contributed by atoms with E-state index in [9.17, 15) is 9.90 Å². The van der Waals surface area contributed by atoms with Gasteiger partial charge in [-0.05, 0) is 39.0 Å². The maximum absolute atomic E-state index is 12.6. The largest absolute Gasteiger partial charge is 0.392 e. The molecular formula is C16H19ClN2O2. The Balaban J connectivity index is 2.37. The molecule has 0 radical (unpaired) electrons. The van der Waals surface area contributed by atoms with Crippen LogP contribution in [0, 0.1) is 0 Å². The third-order valence-electron chi connectivity index (χ3n) is 3.22. The number of rotatable bonds is 4. The Kier molecular flexibility index (Phi) is 4.80. The fourth-order valence-corrected chi connectivity index (χ4v) is 2.34. The highest BCUT2D eigenvalue weighted by atomic mass is 35.5. The summed E-state index contributed by atoms with van der Waals surface area (Å²) < 4.78 is 0. The van der Waals surface area contributed by atoms with Crippen molar-refractivity contribution in [3.8, 4) is 0 Å². The average Bonchev–Trinajstić information content (AvgIpc) is 2.42. The first kappa shape index (κ1) is 15.7. The van der Waals surface area contributed by atoms with Gasteiger partial charge in [0.05, 0.1) is 11.6 Å². The molecule has 0 saturated heterocycles. The van der Waals surface area contributed by atoms with Gasteiger partial charge in [0.15, 0.2) is 0 Å². The Hall–Kier alpha value is -1.65. The molecule has 21 heavy (non-hydrogen) atoms. The fourth-order valence-electron chi connectivity index (χ4n) is 2.17. The van der Waals surface area contributed by atoms with E-state index in [1.165, 1.54) is 0 Å². The van der Waals surface area contributed by atoms with Crippen LogP contribution in [0.3, 0.4) is 0 Å². The van der Waals surface area contributed by atoms with Crippen LogP contribution in [-0.4, -0.2) is 39.6 Å². The first-order chi connectivity index (χ1) is 9.88. The molecule has 1 unspecified atom stereocenters. The summed E-state index contributed by atoms with van der Waals surface area (Å²) in [6.07, 6.45) is -0.578. The lowest BCUT2D eigenvalue weighted by atomic mass is 10.1. The van der Waals surface area contributed by atoms with Gasteiger partial charge >= 0.3 is 0 Å². The number of carbonyl (C=O) groups is 1. The number of carbonyl (C=O) groups excluding carboxylic acids is 1. The summed E-state index contributed by atoms with van der Waals surface area (Å²) >= 11 is 5.96. The Labute approximate surface area is 129 Å². The SMILES string of the molecule is CC(O)CN(C(=O)c1ccc2ccc(Cl)cc2n1)C(C)C. The Morgan fingerprint density at radius 3 is 2.57 bits per heavy atom. The number of nitrogens with zero attached hydrogens (tertiary/aromatic N) is 2. The number of benzene rings is 1. The van der Waals surface area contributed by atoms with E-state index in [-0.39, 0.29) is 18.5 Å². The minimum absolute atomic E-state index is 0.0102. The number of aliphatic hydroxyl groups is 1. The molecule has 4 nitrogen and oxygen atoms in total. The van der Waals surface area contributed by atoms with E-state index in [1.54, 1.807) is 30.0 Å². The second-order valence-electron chi connectivity index (χ2n) is 5.43. The van der Waals surface area contributed by atoms with Crippen molar-refractivity contribution in [3.05, 3.63) is 41.0 Å². The van der Waals surface area contributed by atoms with Crippen LogP contribution >= 0.6 is 11.6 Å². The molecule has 0 spiro atoms. The van der Waals surface area contributed by atoms with E-state index < -0.39 is 6.10 Å². The van der Waals surface area contributed by atoms with Gasteiger partial charge in [0.2, 0.25) is 0 Å². The van der Waals surface area contributed by atoms with E-state index >= 15 is 0 Å². The highest BCUT2D eigenvalue weighted by molar-refractivity contribution is 6.31. The van der Waals surface area contributed by atoms with Crippen molar-refractivity contribution in [2.75, 3.05) is 6.54 Å². The van der Waals surface area contributed by atoms with Crippen molar-refractivity contribution in [2.45, 2.75) is 32.9 Å². The fraction of sp³-hybridized carbons (Fsp3) is 0.375. The zero-order valence-corrected chi connectivity index (χ0v) is 13.1. The number of hydrogen-bond acceptors (Lipinski definition) is 3. The number of aliphatic hydroxyl groups excluding tert-OH is 1. The molecule has 1 N–H and O–H groups in total. The lowest BCUT2D eigenvalue weighted by Crippen LogP contribution is -2.41. The Morgan fingerprint density at radius 1 is 1.29 bits per heavy atom. The summed E-state index contributed by atoms with van der Waals surface area (Å²) in [4.78, 5) is 18.6. The first-order valence-electron chi connectivity index (χ1n) is 6.94. The maximum atomic E-state index is 12.6. The predicted molar refractivity (Wildman–Crippen MR) is 84.6 cm³/mol. The lowest BCUT2D eigenvalue weighted by Gasteiger charge is -2.27. The average molecular weight is 307 g/mol. The second-order valence-corrected chi connectivity index (χ2v) is 5.87. The van der Waals surface area contributed by atoms with E-state index in [0.717, 1.165) is 5.39 Å².